The SMILES string of the molecule is COc1ccc(Cn2ccn(C(C)C)c2=O)cc1F. The maximum Gasteiger partial charge on any atom is 0.328 e. The Morgan fingerprint density at radius 1 is 1.32 bits per heavy atom. The highest BCUT2D eigenvalue weighted by Gasteiger charge is 2.08. The van der Waals surface area contributed by atoms with Crippen molar-refractivity contribution >= 4 is 0 Å². The van der Waals surface area contributed by atoms with E-state index < -0.39 is 5.82 Å². The van der Waals surface area contributed by atoms with Gasteiger partial charge in [-0.1, -0.05) is 6.07 Å². The van der Waals surface area contributed by atoms with Gasteiger partial charge in [0.1, 0.15) is 0 Å². The van der Waals surface area contributed by atoms with Crippen molar-refractivity contribution in [2.24, 2.45) is 0 Å². The molecule has 0 saturated carbocycles. The van der Waals surface area contributed by atoms with Gasteiger partial charge in [0, 0.05) is 18.4 Å². The zero-order valence-corrected chi connectivity index (χ0v) is 11.3. The number of ether oxygens (including phenoxy) is 1. The molecule has 19 heavy (non-hydrogen) atoms. The molecule has 2 rings (SSSR count). The first-order chi connectivity index (χ1) is 9.02. The van der Waals surface area contributed by atoms with Crippen molar-refractivity contribution in [3.63, 3.8) is 0 Å². The predicted molar refractivity (Wildman–Crippen MR) is 71.1 cm³/mol. The Hall–Kier alpha value is -2.04. The average molecular weight is 264 g/mol. The second kappa shape index (κ2) is 5.30. The molecule has 5 heteroatoms. The molecule has 1 aromatic carbocycles. The van der Waals surface area contributed by atoms with Crippen LogP contribution in [0.25, 0.3) is 0 Å². The topological polar surface area (TPSA) is 36.2 Å². The summed E-state index contributed by atoms with van der Waals surface area (Å²) in [4.78, 5) is 12.0. The van der Waals surface area contributed by atoms with E-state index in [1.54, 1.807) is 33.7 Å². The first-order valence-corrected chi connectivity index (χ1v) is 6.12. The largest absolute Gasteiger partial charge is 0.494 e. The van der Waals surface area contributed by atoms with E-state index in [1.807, 2.05) is 13.8 Å². The molecule has 102 valence electrons. The molecule has 0 aliphatic heterocycles. The van der Waals surface area contributed by atoms with Crippen LogP contribution in [0.1, 0.15) is 25.5 Å². The van der Waals surface area contributed by atoms with Gasteiger partial charge in [-0.15, -0.1) is 0 Å². The van der Waals surface area contributed by atoms with E-state index in [9.17, 15) is 9.18 Å². The second-order valence-electron chi connectivity index (χ2n) is 4.68. The number of hydrogen-bond acceptors (Lipinski definition) is 2. The van der Waals surface area contributed by atoms with Crippen molar-refractivity contribution in [1.82, 2.24) is 9.13 Å². The lowest BCUT2D eigenvalue weighted by atomic mass is 10.2. The smallest absolute Gasteiger partial charge is 0.328 e. The fourth-order valence-electron chi connectivity index (χ4n) is 1.95. The molecule has 4 nitrogen and oxygen atoms in total. The van der Waals surface area contributed by atoms with Crippen molar-refractivity contribution in [3.8, 4) is 5.75 Å². The van der Waals surface area contributed by atoms with Gasteiger partial charge in [-0.3, -0.25) is 9.13 Å². The molecule has 0 fully saturated rings. The molecule has 0 saturated heterocycles. The van der Waals surface area contributed by atoms with E-state index in [0.29, 0.717) is 6.54 Å². The van der Waals surface area contributed by atoms with Gasteiger partial charge in [0.15, 0.2) is 11.6 Å². The highest BCUT2D eigenvalue weighted by molar-refractivity contribution is 5.29. The number of hydrogen-bond donors (Lipinski definition) is 0. The predicted octanol–water partition coefficient (Wildman–Crippen LogP) is 2.43. The number of imidazole rings is 1. The molecule has 0 radical (unpaired) electrons. The van der Waals surface area contributed by atoms with Crippen molar-refractivity contribution < 1.29 is 9.13 Å². The van der Waals surface area contributed by atoms with Crippen LogP contribution in [0, 0.1) is 5.82 Å². The summed E-state index contributed by atoms with van der Waals surface area (Å²) in [6, 6.07) is 4.81. The quantitative estimate of drug-likeness (QED) is 0.850. The lowest BCUT2D eigenvalue weighted by molar-refractivity contribution is 0.386. The Morgan fingerprint density at radius 3 is 2.58 bits per heavy atom. The third-order valence-corrected chi connectivity index (χ3v) is 3.00. The van der Waals surface area contributed by atoms with Gasteiger partial charge in [-0.05, 0) is 31.5 Å². The summed E-state index contributed by atoms with van der Waals surface area (Å²) in [5.41, 5.74) is 0.633. The molecule has 0 amide bonds. The highest BCUT2D eigenvalue weighted by atomic mass is 19.1. The number of aromatic nitrogens is 2. The van der Waals surface area contributed by atoms with E-state index in [-0.39, 0.29) is 17.5 Å². The van der Waals surface area contributed by atoms with Gasteiger partial charge in [-0.25, -0.2) is 9.18 Å². The fraction of sp³-hybridized carbons (Fsp3) is 0.357. The molecule has 0 atom stereocenters. The maximum absolute atomic E-state index is 13.6. The van der Waals surface area contributed by atoms with Crippen molar-refractivity contribution in [2.75, 3.05) is 7.11 Å². The van der Waals surface area contributed by atoms with Crippen LogP contribution in [0.15, 0.2) is 35.4 Å². The normalized spacial score (nSPS) is 11.0. The number of methoxy groups -OCH3 is 1. The minimum absolute atomic E-state index is 0.0915. The van der Waals surface area contributed by atoms with Crippen molar-refractivity contribution in [1.29, 1.82) is 0 Å². The average Bonchev–Trinajstić information content (AvgIpc) is 2.71. The van der Waals surface area contributed by atoms with E-state index in [4.69, 9.17) is 4.74 Å². The van der Waals surface area contributed by atoms with Gasteiger partial charge < -0.3 is 4.74 Å². The number of nitrogens with zero attached hydrogens (tertiary/aromatic N) is 2. The van der Waals surface area contributed by atoms with Gasteiger partial charge in [0.25, 0.3) is 0 Å². The lowest BCUT2D eigenvalue weighted by Crippen LogP contribution is -2.25. The third kappa shape index (κ3) is 2.70. The Labute approximate surface area is 111 Å². The molecule has 0 N–H and O–H groups in total. The molecule has 0 unspecified atom stereocenters. The van der Waals surface area contributed by atoms with E-state index in [1.165, 1.54) is 13.2 Å². The Morgan fingerprint density at radius 2 is 2.05 bits per heavy atom. The van der Waals surface area contributed by atoms with Crippen molar-refractivity contribution in [3.05, 3.63) is 52.5 Å². The minimum Gasteiger partial charge on any atom is -0.494 e. The summed E-state index contributed by atoms with van der Waals surface area (Å²) in [6.07, 6.45) is 3.46. The molecule has 0 aliphatic rings. The first kappa shape index (κ1) is 13.4. The van der Waals surface area contributed by atoms with E-state index in [2.05, 4.69) is 0 Å². The molecule has 0 bridgehead atoms. The summed E-state index contributed by atoms with van der Waals surface area (Å²) in [7, 11) is 1.42. The van der Waals surface area contributed by atoms with Crippen LogP contribution < -0.4 is 10.4 Å². The number of benzene rings is 1. The molecule has 0 aliphatic carbocycles. The van der Waals surface area contributed by atoms with Gasteiger partial charge >= 0.3 is 5.69 Å². The van der Waals surface area contributed by atoms with Crippen LogP contribution in [-0.4, -0.2) is 16.2 Å². The monoisotopic (exact) mass is 264 g/mol. The maximum atomic E-state index is 13.6. The summed E-state index contributed by atoms with van der Waals surface area (Å²) < 4.78 is 21.6. The Kier molecular flexibility index (Phi) is 3.74. The first-order valence-electron chi connectivity index (χ1n) is 6.12. The molecule has 1 heterocycles. The van der Waals surface area contributed by atoms with E-state index in [0.717, 1.165) is 5.56 Å². The Bertz CT molecular complexity index is 629. The Balaban J connectivity index is 2.27. The van der Waals surface area contributed by atoms with Crippen LogP contribution in [0.4, 0.5) is 4.39 Å². The van der Waals surface area contributed by atoms with Crippen molar-refractivity contribution in [2.45, 2.75) is 26.4 Å². The summed E-state index contributed by atoms with van der Waals surface area (Å²) in [5, 5.41) is 0. The third-order valence-electron chi connectivity index (χ3n) is 3.00. The van der Waals surface area contributed by atoms with Crippen LogP contribution in [-0.2, 0) is 6.54 Å². The molecular weight excluding hydrogens is 247 g/mol. The standard InChI is InChI=1S/C14H17FN2O2/c1-10(2)17-7-6-16(14(17)18)9-11-4-5-13(19-3)12(15)8-11/h4-8,10H,9H2,1-3H3. The van der Waals surface area contributed by atoms with Gasteiger partial charge in [0.2, 0.25) is 0 Å². The fourth-order valence-corrected chi connectivity index (χ4v) is 1.95. The van der Waals surface area contributed by atoms with Gasteiger partial charge in [0.05, 0.1) is 13.7 Å². The second-order valence-corrected chi connectivity index (χ2v) is 4.68. The zero-order valence-electron chi connectivity index (χ0n) is 11.3. The van der Waals surface area contributed by atoms with Crippen LogP contribution in [0.3, 0.4) is 0 Å². The summed E-state index contributed by atoms with van der Waals surface area (Å²) in [6.45, 7) is 4.23. The number of rotatable bonds is 4. The summed E-state index contributed by atoms with van der Waals surface area (Å²) >= 11 is 0. The van der Waals surface area contributed by atoms with Crippen LogP contribution in [0.5, 0.6) is 5.75 Å². The lowest BCUT2D eigenvalue weighted by Gasteiger charge is -2.07. The molecule has 1 aromatic heterocycles. The number of halogens is 1. The molecule has 2 aromatic rings. The summed E-state index contributed by atoms with van der Waals surface area (Å²) in [5.74, 6) is -0.216. The zero-order chi connectivity index (χ0) is 14.0. The van der Waals surface area contributed by atoms with Crippen LogP contribution in [0.2, 0.25) is 0 Å². The van der Waals surface area contributed by atoms with Crippen LogP contribution >= 0.6 is 0 Å². The van der Waals surface area contributed by atoms with Gasteiger partial charge in [-0.2, -0.15) is 0 Å². The molecule has 0 spiro atoms. The highest BCUT2D eigenvalue weighted by Crippen LogP contribution is 2.18. The molecular formula is C14H17FN2O2. The van der Waals surface area contributed by atoms with E-state index >= 15 is 0 Å². The minimum atomic E-state index is -0.420.